The fraction of sp³-hybridized carbons (Fsp3) is 0.600. The van der Waals surface area contributed by atoms with E-state index in [0.717, 1.165) is 24.9 Å². The molecule has 1 atom stereocenters. The average molecular weight is 195 g/mol. The van der Waals surface area contributed by atoms with Gasteiger partial charge in [0.1, 0.15) is 12.4 Å². The summed E-state index contributed by atoms with van der Waals surface area (Å²) >= 11 is 0. The molecule has 0 amide bonds. The molecule has 0 aromatic carbocycles. The fourth-order valence-corrected chi connectivity index (χ4v) is 1.29. The number of nitrogens with one attached hydrogen (secondary N) is 1. The standard InChI is InChI=1S/C8H11N3O.C2H6/c1-2-8(12-11-3-1)7-4-9-6-10-5-7;1-2/h4-6,8,11H,1-3H2;1-2H3. The van der Waals surface area contributed by atoms with Crippen molar-refractivity contribution in [2.45, 2.75) is 32.8 Å². The van der Waals surface area contributed by atoms with Gasteiger partial charge in [0.15, 0.2) is 0 Å². The van der Waals surface area contributed by atoms with Gasteiger partial charge in [-0.3, -0.25) is 4.84 Å². The first-order chi connectivity index (χ1) is 6.97. The molecule has 2 rings (SSSR count). The third-order valence-electron chi connectivity index (χ3n) is 1.92. The maximum atomic E-state index is 5.33. The van der Waals surface area contributed by atoms with E-state index in [1.165, 1.54) is 6.33 Å². The summed E-state index contributed by atoms with van der Waals surface area (Å²) in [4.78, 5) is 13.2. The first kappa shape index (κ1) is 11.1. The third kappa shape index (κ3) is 3.05. The van der Waals surface area contributed by atoms with E-state index in [1.807, 2.05) is 13.8 Å². The minimum absolute atomic E-state index is 0.125. The van der Waals surface area contributed by atoms with Gasteiger partial charge in [-0.1, -0.05) is 13.8 Å². The van der Waals surface area contributed by atoms with Crippen LogP contribution in [0.3, 0.4) is 0 Å². The Labute approximate surface area is 84.7 Å². The zero-order chi connectivity index (χ0) is 10.2. The average Bonchev–Trinajstić information content (AvgIpc) is 2.34. The predicted octanol–water partition coefficient (Wildman–Crippen LogP) is 1.86. The molecule has 1 aromatic rings. The van der Waals surface area contributed by atoms with Crippen molar-refractivity contribution in [2.75, 3.05) is 6.54 Å². The minimum atomic E-state index is 0.125. The van der Waals surface area contributed by atoms with E-state index in [2.05, 4.69) is 15.4 Å². The smallest absolute Gasteiger partial charge is 0.115 e. The summed E-state index contributed by atoms with van der Waals surface area (Å²) in [7, 11) is 0. The summed E-state index contributed by atoms with van der Waals surface area (Å²) in [5.74, 6) is 0. The van der Waals surface area contributed by atoms with E-state index in [1.54, 1.807) is 12.4 Å². The number of hydrogen-bond acceptors (Lipinski definition) is 4. The van der Waals surface area contributed by atoms with Gasteiger partial charge >= 0.3 is 0 Å². The van der Waals surface area contributed by atoms with E-state index >= 15 is 0 Å². The SMILES string of the molecule is CC.c1ncc(C2CCCNO2)cn1. The topological polar surface area (TPSA) is 47.0 Å². The Morgan fingerprint density at radius 2 is 2.07 bits per heavy atom. The molecule has 1 fully saturated rings. The first-order valence-corrected chi connectivity index (χ1v) is 5.10. The van der Waals surface area contributed by atoms with Gasteiger partial charge in [0, 0.05) is 24.5 Å². The van der Waals surface area contributed by atoms with Crippen molar-refractivity contribution in [1.29, 1.82) is 0 Å². The van der Waals surface area contributed by atoms with Crippen LogP contribution in [0.1, 0.15) is 38.4 Å². The Hall–Kier alpha value is -1.00. The highest BCUT2D eigenvalue weighted by molar-refractivity contribution is 5.07. The van der Waals surface area contributed by atoms with Gasteiger partial charge in [-0.25, -0.2) is 15.4 Å². The summed E-state index contributed by atoms with van der Waals surface area (Å²) in [5.41, 5.74) is 3.92. The van der Waals surface area contributed by atoms with Crippen molar-refractivity contribution in [3.05, 3.63) is 24.3 Å². The second kappa shape index (κ2) is 6.45. The molecule has 78 valence electrons. The molecule has 4 heteroatoms. The second-order valence-corrected chi connectivity index (χ2v) is 2.81. The van der Waals surface area contributed by atoms with Crippen LogP contribution in [0.4, 0.5) is 0 Å². The number of aromatic nitrogens is 2. The van der Waals surface area contributed by atoms with E-state index in [0.29, 0.717) is 0 Å². The third-order valence-corrected chi connectivity index (χ3v) is 1.92. The van der Waals surface area contributed by atoms with Gasteiger partial charge in [-0.05, 0) is 12.8 Å². The maximum Gasteiger partial charge on any atom is 0.115 e. The molecule has 0 aliphatic carbocycles. The second-order valence-electron chi connectivity index (χ2n) is 2.81. The predicted molar refractivity (Wildman–Crippen MR) is 54.4 cm³/mol. The molecule has 1 unspecified atom stereocenters. The van der Waals surface area contributed by atoms with Crippen LogP contribution < -0.4 is 5.48 Å². The van der Waals surface area contributed by atoms with Gasteiger partial charge in [-0.15, -0.1) is 0 Å². The van der Waals surface area contributed by atoms with E-state index in [-0.39, 0.29) is 6.10 Å². The molecule has 1 aromatic heterocycles. The van der Waals surface area contributed by atoms with Crippen LogP contribution in [0.25, 0.3) is 0 Å². The molecule has 1 aliphatic heterocycles. The van der Waals surface area contributed by atoms with Crippen molar-refractivity contribution in [2.24, 2.45) is 0 Å². The Morgan fingerprint density at radius 3 is 2.64 bits per heavy atom. The van der Waals surface area contributed by atoms with Crippen molar-refractivity contribution in [3.8, 4) is 0 Å². The highest BCUT2D eigenvalue weighted by Gasteiger charge is 2.15. The summed E-state index contributed by atoms with van der Waals surface area (Å²) in [6.45, 7) is 4.93. The van der Waals surface area contributed by atoms with Crippen LogP contribution in [0.15, 0.2) is 18.7 Å². The van der Waals surface area contributed by atoms with Crippen LogP contribution in [-0.4, -0.2) is 16.5 Å². The normalized spacial score (nSPS) is 20.9. The highest BCUT2D eigenvalue weighted by atomic mass is 16.7. The maximum absolute atomic E-state index is 5.33. The van der Waals surface area contributed by atoms with E-state index in [4.69, 9.17) is 4.84 Å². The summed E-state index contributed by atoms with van der Waals surface area (Å²) in [5, 5.41) is 0. The summed E-state index contributed by atoms with van der Waals surface area (Å²) < 4.78 is 0. The van der Waals surface area contributed by atoms with Gasteiger partial charge in [0.2, 0.25) is 0 Å². The molecule has 14 heavy (non-hydrogen) atoms. The van der Waals surface area contributed by atoms with Crippen LogP contribution >= 0.6 is 0 Å². The van der Waals surface area contributed by atoms with Crippen LogP contribution in [-0.2, 0) is 4.84 Å². The molecule has 4 nitrogen and oxygen atoms in total. The quantitative estimate of drug-likeness (QED) is 0.743. The molecule has 1 N–H and O–H groups in total. The summed E-state index contributed by atoms with van der Waals surface area (Å²) in [6, 6.07) is 0. The molecule has 0 radical (unpaired) electrons. The first-order valence-electron chi connectivity index (χ1n) is 5.10. The Morgan fingerprint density at radius 1 is 1.36 bits per heavy atom. The lowest BCUT2D eigenvalue weighted by atomic mass is 10.1. The molecule has 1 aliphatic rings. The Kier molecular flexibility index (Phi) is 5.11. The van der Waals surface area contributed by atoms with Crippen molar-refractivity contribution in [3.63, 3.8) is 0 Å². The molecule has 0 saturated carbocycles. The Balaban J connectivity index is 0.000000461. The molecule has 0 bridgehead atoms. The molecule has 0 spiro atoms. The zero-order valence-corrected chi connectivity index (χ0v) is 8.73. The van der Waals surface area contributed by atoms with E-state index in [9.17, 15) is 0 Å². The van der Waals surface area contributed by atoms with Crippen molar-refractivity contribution < 1.29 is 4.84 Å². The van der Waals surface area contributed by atoms with E-state index < -0.39 is 0 Å². The number of hydrogen-bond donors (Lipinski definition) is 1. The lowest BCUT2D eigenvalue weighted by Gasteiger charge is -2.22. The lowest BCUT2D eigenvalue weighted by molar-refractivity contribution is -0.0574. The van der Waals surface area contributed by atoms with Crippen molar-refractivity contribution >= 4 is 0 Å². The minimum Gasteiger partial charge on any atom is -0.294 e. The van der Waals surface area contributed by atoms with Crippen LogP contribution in [0, 0.1) is 0 Å². The fourth-order valence-electron chi connectivity index (χ4n) is 1.29. The lowest BCUT2D eigenvalue weighted by Crippen LogP contribution is -2.25. The molecule has 1 saturated heterocycles. The van der Waals surface area contributed by atoms with Gasteiger partial charge in [-0.2, -0.15) is 0 Å². The monoisotopic (exact) mass is 195 g/mol. The molecule has 2 heterocycles. The van der Waals surface area contributed by atoms with Crippen molar-refractivity contribution in [1.82, 2.24) is 15.4 Å². The summed E-state index contributed by atoms with van der Waals surface area (Å²) in [6.07, 6.45) is 7.43. The number of hydroxylamine groups is 1. The number of nitrogens with zero attached hydrogens (tertiary/aromatic N) is 2. The Bertz CT molecular complexity index is 234. The van der Waals surface area contributed by atoms with Gasteiger partial charge < -0.3 is 0 Å². The zero-order valence-electron chi connectivity index (χ0n) is 8.73. The highest BCUT2D eigenvalue weighted by Crippen LogP contribution is 2.22. The van der Waals surface area contributed by atoms with Gasteiger partial charge in [0.05, 0.1) is 0 Å². The molecular formula is C10H17N3O. The van der Waals surface area contributed by atoms with Gasteiger partial charge in [0.25, 0.3) is 0 Å². The largest absolute Gasteiger partial charge is 0.294 e. The van der Waals surface area contributed by atoms with Crippen LogP contribution in [0.2, 0.25) is 0 Å². The van der Waals surface area contributed by atoms with Crippen LogP contribution in [0.5, 0.6) is 0 Å². The molecular weight excluding hydrogens is 178 g/mol. The number of rotatable bonds is 1.